The van der Waals surface area contributed by atoms with Crippen LogP contribution in [0.15, 0.2) is 48.7 Å². The third-order valence-corrected chi connectivity index (χ3v) is 4.48. The number of carbonyl (C=O) groups excluding carboxylic acids is 2. The van der Waals surface area contributed by atoms with Crippen molar-refractivity contribution >= 4 is 11.8 Å². The van der Waals surface area contributed by atoms with Gasteiger partial charge in [-0.15, -0.1) is 0 Å². The fraction of sp³-hybridized carbons (Fsp3) is 0.350. The fourth-order valence-electron chi connectivity index (χ4n) is 3.05. The molecule has 1 aliphatic rings. The van der Waals surface area contributed by atoms with Crippen LogP contribution in [0.3, 0.4) is 0 Å². The summed E-state index contributed by atoms with van der Waals surface area (Å²) in [6, 6.07) is 12.9. The molecule has 2 heterocycles. The summed E-state index contributed by atoms with van der Waals surface area (Å²) >= 11 is 0. The molecule has 5 nitrogen and oxygen atoms in total. The van der Waals surface area contributed by atoms with Crippen molar-refractivity contribution in [3.63, 3.8) is 0 Å². The van der Waals surface area contributed by atoms with Crippen LogP contribution in [0, 0.1) is 6.92 Å². The first-order valence-electron chi connectivity index (χ1n) is 8.71. The van der Waals surface area contributed by atoms with Gasteiger partial charge in [0.1, 0.15) is 6.04 Å². The van der Waals surface area contributed by atoms with E-state index in [-0.39, 0.29) is 17.9 Å². The summed E-state index contributed by atoms with van der Waals surface area (Å²) in [5.74, 6) is -0.214. The van der Waals surface area contributed by atoms with Crippen molar-refractivity contribution in [3.8, 4) is 0 Å². The average Bonchev–Trinajstić information content (AvgIpc) is 2.86. The van der Waals surface area contributed by atoms with Crippen LogP contribution in [0.1, 0.15) is 48.5 Å². The Morgan fingerprint density at radius 3 is 2.72 bits per heavy atom. The molecular weight excluding hydrogens is 314 g/mol. The van der Waals surface area contributed by atoms with Gasteiger partial charge in [-0.25, -0.2) is 0 Å². The maximum absolute atomic E-state index is 12.8. The quantitative estimate of drug-likeness (QED) is 0.901. The molecule has 0 spiro atoms. The Morgan fingerprint density at radius 1 is 1.20 bits per heavy atom. The summed E-state index contributed by atoms with van der Waals surface area (Å²) in [6.07, 6.45) is 4.58. The zero-order valence-corrected chi connectivity index (χ0v) is 14.4. The third-order valence-electron chi connectivity index (χ3n) is 4.48. The number of benzene rings is 1. The molecule has 1 aromatic carbocycles. The van der Waals surface area contributed by atoms with Crippen molar-refractivity contribution in [2.75, 3.05) is 0 Å². The summed E-state index contributed by atoms with van der Waals surface area (Å²) in [7, 11) is 0. The molecule has 0 aliphatic carbocycles. The first-order chi connectivity index (χ1) is 12.1. The smallest absolute Gasteiger partial charge is 0.243 e. The SMILES string of the molecule is Cc1ccc([C@H](NC(=O)[C@@H]2CCCCC(=O)N2)c2ccccn2)cc1. The van der Waals surface area contributed by atoms with Crippen molar-refractivity contribution in [1.29, 1.82) is 0 Å². The Kier molecular flexibility index (Phi) is 5.43. The molecule has 0 unspecified atom stereocenters. The molecule has 3 rings (SSSR count). The molecule has 2 N–H and O–H groups in total. The highest BCUT2D eigenvalue weighted by Crippen LogP contribution is 2.21. The first-order valence-corrected chi connectivity index (χ1v) is 8.71. The molecule has 5 heteroatoms. The second-order valence-corrected chi connectivity index (χ2v) is 6.47. The van der Waals surface area contributed by atoms with Gasteiger partial charge in [-0.3, -0.25) is 14.6 Å². The highest BCUT2D eigenvalue weighted by Gasteiger charge is 2.26. The van der Waals surface area contributed by atoms with Gasteiger partial charge in [0.15, 0.2) is 0 Å². The summed E-state index contributed by atoms with van der Waals surface area (Å²) in [5.41, 5.74) is 2.91. The Morgan fingerprint density at radius 2 is 2.00 bits per heavy atom. The van der Waals surface area contributed by atoms with Crippen molar-refractivity contribution in [3.05, 3.63) is 65.5 Å². The fourth-order valence-corrected chi connectivity index (χ4v) is 3.05. The number of nitrogens with one attached hydrogen (secondary N) is 2. The van der Waals surface area contributed by atoms with Crippen LogP contribution in [-0.2, 0) is 9.59 Å². The molecule has 2 atom stereocenters. The lowest BCUT2D eigenvalue weighted by atomic mass is 10.0. The number of aromatic nitrogens is 1. The summed E-state index contributed by atoms with van der Waals surface area (Å²) < 4.78 is 0. The maximum Gasteiger partial charge on any atom is 0.243 e. The van der Waals surface area contributed by atoms with E-state index >= 15 is 0 Å². The van der Waals surface area contributed by atoms with Gasteiger partial charge in [0.2, 0.25) is 11.8 Å². The van der Waals surface area contributed by atoms with Gasteiger partial charge in [-0.1, -0.05) is 42.3 Å². The Balaban J connectivity index is 1.83. The summed E-state index contributed by atoms with van der Waals surface area (Å²) in [4.78, 5) is 28.9. The van der Waals surface area contributed by atoms with Crippen LogP contribution in [0.5, 0.6) is 0 Å². The standard InChI is InChI=1S/C20H23N3O2/c1-14-9-11-15(12-10-14)19(16-6-4-5-13-21-16)23-20(25)17-7-2-3-8-18(24)22-17/h4-6,9-13,17,19H,2-3,7-8H2,1H3,(H,22,24)(H,23,25)/t17-,19-/m0/s1. The molecule has 1 fully saturated rings. The van der Waals surface area contributed by atoms with Crippen molar-refractivity contribution in [1.82, 2.24) is 15.6 Å². The second-order valence-electron chi connectivity index (χ2n) is 6.47. The number of pyridine rings is 1. The molecule has 0 saturated carbocycles. The number of hydrogen-bond donors (Lipinski definition) is 2. The second kappa shape index (κ2) is 7.92. The zero-order chi connectivity index (χ0) is 17.6. The number of hydrogen-bond acceptors (Lipinski definition) is 3. The largest absolute Gasteiger partial charge is 0.344 e. The molecule has 1 aromatic heterocycles. The van der Waals surface area contributed by atoms with E-state index in [0.717, 1.165) is 29.7 Å². The van der Waals surface area contributed by atoms with E-state index in [2.05, 4.69) is 15.6 Å². The molecule has 130 valence electrons. The van der Waals surface area contributed by atoms with E-state index < -0.39 is 6.04 Å². The van der Waals surface area contributed by atoms with E-state index in [0.29, 0.717) is 12.8 Å². The van der Waals surface area contributed by atoms with Gasteiger partial charge in [-0.05, 0) is 37.5 Å². The molecular formula is C20H23N3O2. The van der Waals surface area contributed by atoms with Gasteiger partial charge in [0, 0.05) is 12.6 Å². The van der Waals surface area contributed by atoms with Gasteiger partial charge in [0.25, 0.3) is 0 Å². The molecule has 25 heavy (non-hydrogen) atoms. The normalized spacial score (nSPS) is 18.8. The molecule has 1 aliphatic heterocycles. The zero-order valence-electron chi connectivity index (χ0n) is 14.4. The molecule has 1 saturated heterocycles. The van der Waals surface area contributed by atoms with Crippen LogP contribution < -0.4 is 10.6 Å². The van der Waals surface area contributed by atoms with Crippen LogP contribution in [-0.4, -0.2) is 22.8 Å². The number of aryl methyl sites for hydroxylation is 1. The Labute approximate surface area is 147 Å². The third kappa shape index (κ3) is 4.44. The Bertz CT molecular complexity index is 728. The molecule has 0 bridgehead atoms. The minimum atomic E-state index is -0.480. The number of amides is 2. The van der Waals surface area contributed by atoms with E-state index in [1.807, 2.05) is 49.4 Å². The molecule has 2 amide bonds. The topological polar surface area (TPSA) is 71.1 Å². The highest BCUT2D eigenvalue weighted by molar-refractivity contribution is 5.88. The lowest BCUT2D eigenvalue weighted by Crippen LogP contribution is -2.47. The summed E-state index contributed by atoms with van der Waals surface area (Å²) in [6.45, 7) is 2.03. The van der Waals surface area contributed by atoms with Crippen LogP contribution in [0.4, 0.5) is 0 Å². The molecule has 0 radical (unpaired) electrons. The van der Waals surface area contributed by atoms with Gasteiger partial charge in [-0.2, -0.15) is 0 Å². The van der Waals surface area contributed by atoms with Crippen molar-refractivity contribution in [2.45, 2.75) is 44.7 Å². The maximum atomic E-state index is 12.8. The minimum absolute atomic E-state index is 0.0534. The first kappa shape index (κ1) is 17.1. The van der Waals surface area contributed by atoms with Crippen molar-refractivity contribution in [2.24, 2.45) is 0 Å². The monoisotopic (exact) mass is 337 g/mol. The molecule has 2 aromatic rings. The predicted molar refractivity (Wildman–Crippen MR) is 95.8 cm³/mol. The van der Waals surface area contributed by atoms with Gasteiger partial charge in [0.05, 0.1) is 11.7 Å². The number of carbonyl (C=O) groups is 2. The lowest BCUT2D eigenvalue weighted by Gasteiger charge is -2.23. The van der Waals surface area contributed by atoms with E-state index in [1.54, 1.807) is 6.20 Å². The van der Waals surface area contributed by atoms with E-state index in [1.165, 1.54) is 0 Å². The van der Waals surface area contributed by atoms with Gasteiger partial charge < -0.3 is 10.6 Å². The van der Waals surface area contributed by atoms with Crippen LogP contribution >= 0.6 is 0 Å². The van der Waals surface area contributed by atoms with Crippen molar-refractivity contribution < 1.29 is 9.59 Å². The average molecular weight is 337 g/mol. The minimum Gasteiger partial charge on any atom is -0.344 e. The highest BCUT2D eigenvalue weighted by atomic mass is 16.2. The number of rotatable bonds is 4. The lowest BCUT2D eigenvalue weighted by molar-refractivity contribution is -0.128. The predicted octanol–water partition coefficient (Wildman–Crippen LogP) is 2.65. The van der Waals surface area contributed by atoms with E-state index in [4.69, 9.17) is 0 Å². The summed E-state index contributed by atoms with van der Waals surface area (Å²) in [5, 5.41) is 5.90. The Hall–Kier alpha value is -2.69. The van der Waals surface area contributed by atoms with Crippen LogP contribution in [0.2, 0.25) is 0 Å². The van der Waals surface area contributed by atoms with E-state index in [9.17, 15) is 9.59 Å². The number of nitrogens with zero attached hydrogens (tertiary/aromatic N) is 1. The van der Waals surface area contributed by atoms with Gasteiger partial charge >= 0.3 is 0 Å². The van der Waals surface area contributed by atoms with Crippen LogP contribution in [0.25, 0.3) is 0 Å².